The van der Waals surface area contributed by atoms with Crippen molar-refractivity contribution in [3.63, 3.8) is 0 Å². The molecular weight excluding hydrogens is 230 g/mol. The molecule has 0 aromatic rings. The van der Waals surface area contributed by atoms with E-state index in [2.05, 4.69) is 5.32 Å². The van der Waals surface area contributed by atoms with E-state index in [-0.39, 0.29) is 24.8 Å². The van der Waals surface area contributed by atoms with E-state index >= 15 is 0 Å². The summed E-state index contributed by atoms with van der Waals surface area (Å²) in [5.41, 5.74) is 0. The number of hydrogen-bond donors (Lipinski definition) is 2. The highest BCUT2D eigenvalue weighted by Gasteiger charge is 2.34. The number of carbonyl (C=O) groups excluding carboxylic acids is 1. The summed E-state index contributed by atoms with van der Waals surface area (Å²) >= 11 is 0. The van der Waals surface area contributed by atoms with E-state index < -0.39 is 5.97 Å². The number of aliphatic carboxylic acids is 1. The summed E-state index contributed by atoms with van der Waals surface area (Å²) in [4.78, 5) is 22.3. The van der Waals surface area contributed by atoms with Gasteiger partial charge in [0.15, 0.2) is 0 Å². The standard InChI is InChI=1S/C14H23NO3/c16-13(17)7-8-15-14(18)12-6-5-10-3-1-2-4-11(10)9-12/h10-12H,1-9H2,(H,15,18)(H,16,17). The molecule has 0 bridgehead atoms. The van der Waals surface area contributed by atoms with Crippen LogP contribution in [0.2, 0.25) is 0 Å². The lowest BCUT2D eigenvalue weighted by Gasteiger charge is -2.38. The molecule has 18 heavy (non-hydrogen) atoms. The van der Waals surface area contributed by atoms with Gasteiger partial charge in [-0.25, -0.2) is 0 Å². The molecular formula is C14H23NO3. The largest absolute Gasteiger partial charge is 0.481 e. The summed E-state index contributed by atoms with van der Waals surface area (Å²) in [7, 11) is 0. The van der Waals surface area contributed by atoms with E-state index in [1.807, 2.05) is 0 Å². The number of nitrogens with one attached hydrogen (secondary N) is 1. The van der Waals surface area contributed by atoms with Crippen LogP contribution in [0.3, 0.4) is 0 Å². The van der Waals surface area contributed by atoms with E-state index in [1.54, 1.807) is 0 Å². The monoisotopic (exact) mass is 253 g/mol. The molecule has 0 aliphatic heterocycles. The zero-order chi connectivity index (χ0) is 13.0. The SMILES string of the molecule is O=C(O)CCNC(=O)C1CCC2CCCCC2C1. The van der Waals surface area contributed by atoms with Crippen molar-refractivity contribution < 1.29 is 14.7 Å². The van der Waals surface area contributed by atoms with Gasteiger partial charge in [-0.05, 0) is 31.1 Å². The molecule has 2 rings (SSSR count). The van der Waals surface area contributed by atoms with Gasteiger partial charge in [-0.1, -0.05) is 25.7 Å². The highest BCUT2D eigenvalue weighted by Crippen LogP contribution is 2.42. The average Bonchev–Trinajstić information content (AvgIpc) is 2.37. The van der Waals surface area contributed by atoms with Crippen molar-refractivity contribution >= 4 is 11.9 Å². The number of hydrogen-bond acceptors (Lipinski definition) is 2. The van der Waals surface area contributed by atoms with E-state index in [1.165, 1.54) is 32.1 Å². The van der Waals surface area contributed by atoms with E-state index in [4.69, 9.17) is 5.11 Å². The maximum absolute atomic E-state index is 12.0. The molecule has 102 valence electrons. The normalized spacial score (nSPS) is 31.4. The van der Waals surface area contributed by atoms with Crippen molar-refractivity contribution in [2.75, 3.05) is 6.54 Å². The van der Waals surface area contributed by atoms with Gasteiger partial charge in [0, 0.05) is 12.5 Å². The summed E-state index contributed by atoms with van der Waals surface area (Å²) in [6, 6.07) is 0. The lowest BCUT2D eigenvalue weighted by atomic mass is 9.67. The topological polar surface area (TPSA) is 66.4 Å². The van der Waals surface area contributed by atoms with Gasteiger partial charge in [0.05, 0.1) is 6.42 Å². The van der Waals surface area contributed by atoms with E-state index in [0.29, 0.717) is 0 Å². The second-order valence-electron chi connectivity index (χ2n) is 5.75. The fraction of sp³-hybridized carbons (Fsp3) is 0.857. The van der Waals surface area contributed by atoms with Crippen LogP contribution in [-0.4, -0.2) is 23.5 Å². The Morgan fingerprint density at radius 3 is 2.50 bits per heavy atom. The second-order valence-corrected chi connectivity index (χ2v) is 5.75. The molecule has 0 aromatic carbocycles. The first-order chi connectivity index (χ1) is 8.66. The molecule has 3 atom stereocenters. The predicted octanol–water partition coefficient (Wildman–Crippen LogP) is 2.18. The Labute approximate surface area is 108 Å². The molecule has 0 heterocycles. The van der Waals surface area contributed by atoms with Crippen LogP contribution >= 0.6 is 0 Å². The fourth-order valence-corrected chi connectivity index (χ4v) is 3.55. The van der Waals surface area contributed by atoms with Crippen LogP contribution in [0.15, 0.2) is 0 Å². The number of amides is 1. The molecule has 1 amide bonds. The number of carboxylic acids is 1. The highest BCUT2D eigenvalue weighted by atomic mass is 16.4. The quantitative estimate of drug-likeness (QED) is 0.807. The van der Waals surface area contributed by atoms with Gasteiger partial charge >= 0.3 is 5.97 Å². The van der Waals surface area contributed by atoms with Crippen molar-refractivity contribution in [1.82, 2.24) is 5.32 Å². The van der Waals surface area contributed by atoms with E-state index in [0.717, 1.165) is 24.7 Å². The maximum atomic E-state index is 12.0. The summed E-state index contributed by atoms with van der Waals surface area (Å²) in [5.74, 6) is 0.925. The van der Waals surface area contributed by atoms with Crippen molar-refractivity contribution in [3.05, 3.63) is 0 Å². The van der Waals surface area contributed by atoms with Crippen LogP contribution in [0.25, 0.3) is 0 Å². The maximum Gasteiger partial charge on any atom is 0.305 e. The van der Waals surface area contributed by atoms with Crippen LogP contribution in [-0.2, 0) is 9.59 Å². The molecule has 2 aliphatic rings. The molecule has 4 heteroatoms. The van der Waals surface area contributed by atoms with Gasteiger partial charge in [-0.15, -0.1) is 0 Å². The Morgan fingerprint density at radius 2 is 1.78 bits per heavy atom. The zero-order valence-corrected chi connectivity index (χ0v) is 10.9. The van der Waals surface area contributed by atoms with Crippen LogP contribution in [0.4, 0.5) is 0 Å². The Morgan fingerprint density at radius 1 is 1.06 bits per heavy atom. The number of rotatable bonds is 4. The zero-order valence-electron chi connectivity index (χ0n) is 10.9. The summed E-state index contributed by atoms with van der Waals surface area (Å²) in [5, 5.41) is 11.3. The molecule has 4 nitrogen and oxygen atoms in total. The van der Waals surface area contributed by atoms with Crippen molar-refractivity contribution in [3.8, 4) is 0 Å². The minimum absolute atomic E-state index is 0.0184. The smallest absolute Gasteiger partial charge is 0.305 e. The molecule has 2 aliphatic carbocycles. The van der Waals surface area contributed by atoms with E-state index in [9.17, 15) is 9.59 Å². The third kappa shape index (κ3) is 3.47. The molecule has 2 saturated carbocycles. The minimum Gasteiger partial charge on any atom is -0.481 e. The van der Waals surface area contributed by atoms with Crippen LogP contribution < -0.4 is 5.32 Å². The van der Waals surface area contributed by atoms with Gasteiger partial charge in [-0.2, -0.15) is 0 Å². The number of fused-ring (bicyclic) bond motifs is 1. The number of carboxylic acid groups (broad SMARTS) is 1. The van der Waals surface area contributed by atoms with Crippen LogP contribution in [0, 0.1) is 17.8 Å². The molecule has 3 unspecified atom stereocenters. The van der Waals surface area contributed by atoms with Gasteiger partial charge in [0.2, 0.25) is 5.91 Å². The first-order valence-corrected chi connectivity index (χ1v) is 7.16. The first kappa shape index (κ1) is 13.4. The molecule has 0 aromatic heterocycles. The first-order valence-electron chi connectivity index (χ1n) is 7.16. The Bertz CT molecular complexity index is 316. The van der Waals surface area contributed by atoms with Gasteiger partial charge in [0.25, 0.3) is 0 Å². The minimum atomic E-state index is -0.855. The molecule has 2 fully saturated rings. The Kier molecular flexibility index (Phi) is 4.61. The molecule has 2 N–H and O–H groups in total. The Balaban J connectivity index is 1.75. The van der Waals surface area contributed by atoms with Gasteiger partial charge < -0.3 is 10.4 Å². The third-order valence-corrected chi connectivity index (χ3v) is 4.55. The van der Waals surface area contributed by atoms with Crippen LogP contribution in [0.1, 0.15) is 51.4 Å². The molecule has 0 saturated heterocycles. The molecule has 0 radical (unpaired) electrons. The molecule has 0 spiro atoms. The van der Waals surface area contributed by atoms with Crippen molar-refractivity contribution in [1.29, 1.82) is 0 Å². The predicted molar refractivity (Wildman–Crippen MR) is 68.1 cm³/mol. The van der Waals surface area contributed by atoms with Crippen LogP contribution in [0.5, 0.6) is 0 Å². The summed E-state index contributed by atoms with van der Waals surface area (Å²) < 4.78 is 0. The third-order valence-electron chi connectivity index (χ3n) is 4.55. The average molecular weight is 253 g/mol. The number of carbonyl (C=O) groups is 2. The van der Waals surface area contributed by atoms with Crippen molar-refractivity contribution in [2.24, 2.45) is 17.8 Å². The van der Waals surface area contributed by atoms with Gasteiger partial charge in [0.1, 0.15) is 0 Å². The lowest BCUT2D eigenvalue weighted by molar-refractivity contribution is -0.137. The van der Waals surface area contributed by atoms with Crippen molar-refractivity contribution in [2.45, 2.75) is 51.4 Å². The second kappa shape index (κ2) is 6.21. The van der Waals surface area contributed by atoms with Gasteiger partial charge in [-0.3, -0.25) is 9.59 Å². The Hall–Kier alpha value is -1.06. The highest BCUT2D eigenvalue weighted by molar-refractivity contribution is 5.79. The summed E-state index contributed by atoms with van der Waals surface area (Å²) in [6.45, 7) is 0.263. The summed E-state index contributed by atoms with van der Waals surface area (Å²) in [6.07, 6.45) is 8.50. The fourth-order valence-electron chi connectivity index (χ4n) is 3.55. The lowest BCUT2D eigenvalue weighted by Crippen LogP contribution is -2.38.